The molecule has 0 unspecified atom stereocenters. The van der Waals surface area contributed by atoms with Crippen LogP contribution in [0.1, 0.15) is 10.4 Å². The number of hydrogen-bond donors (Lipinski definition) is 1. The molecule has 1 heterocycles. The van der Waals surface area contributed by atoms with Crippen LogP contribution in [0.2, 0.25) is 10.0 Å². The van der Waals surface area contributed by atoms with Crippen molar-refractivity contribution in [3.05, 3.63) is 50.1 Å². The normalized spacial score (nSPS) is 9.84. The standard InChI is InChI=1S/C14H11Cl2NOS/c15-11-4-1-5-12(16)14(11)18-9-13-10(3-2-7-17)6-8-19-13/h1,4-6,8H,7,9,17H2. The molecular weight excluding hydrogens is 301 g/mol. The van der Waals surface area contributed by atoms with Crippen LogP contribution in [0, 0.1) is 11.8 Å². The summed E-state index contributed by atoms with van der Waals surface area (Å²) in [6, 6.07) is 7.21. The second-order valence-corrected chi connectivity index (χ2v) is 5.42. The highest BCUT2D eigenvalue weighted by atomic mass is 35.5. The molecule has 0 radical (unpaired) electrons. The predicted octanol–water partition coefficient (Wildman–Crippen LogP) is 3.94. The summed E-state index contributed by atoms with van der Waals surface area (Å²) in [6.45, 7) is 0.724. The van der Waals surface area contributed by atoms with Crippen molar-refractivity contribution in [2.24, 2.45) is 5.73 Å². The van der Waals surface area contributed by atoms with Crippen LogP contribution in [0.4, 0.5) is 0 Å². The lowest BCUT2D eigenvalue weighted by atomic mass is 10.2. The summed E-state index contributed by atoms with van der Waals surface area (Å²) in [5.41, 5.74) is 6.29. The minimum Gasteiger partial charge on any atom is -0.485 e. The molecule has 0 spiro atoms. The summed E-state index contributed by atoms with van der Waals surface area (Å²) in [7, 11) is 0. The van der Waals surface area contributed by atoms with Crippen molar-refractivity contribution in [3.8, 4) is 17.6 Å². The molecule has 5 heteroatoms. The van der Waals surface area contributed by atoms with E-state index in [9.17, 15) is 0 Å². The van der Waals surface area contributed by atoms with E-state index >= 15 is 0 Å². The second-order valence-electron chi connectivity index (χ2n) is 3.60. The Labute approximate surface area is 126 Å². The van der Waals surface area contributed by atoms with Crippen molar-refractivity contribution in [1.29, 1.82) is 0 Å². The lowest BCUT2D eigenvalue weighted by Gasteiger charge is -2.08. The molecule has 19 heavy (non-hydrogen) atoms. The zero-order chi connectivity index (χ0) is 13.7. The van der Waals surface area contributed by atoms with Gasteiger partial charge in [-0.1, -0.05) is 41.1 Å². The summed E-state index contributed by atoms with van der Waals surface area (Å²) in [5, 5.41) is 2.96. The molecule has 0 amide bonds. The van der Waals surface area contributed by atoms with Crippen molar-refractivity contribution in [2.45, 2.75) is 6.61 Å². The maximum Gasteiger partial charge on any atom is 0.157 e. The maximum absolute atomic E-state index is 6.04. The average Bonchev–Trinajstić information content (AvgIpc) is 2.83. The monoisotopic (exact) mass is 311 g/mol. The Morgan fingerprint density at radius 3 is 2.63 bits per heavy atom. The van der Waals surface area contributed by atoms with Crippen LogP contribution < -0.4 is 10.5 Å². The van der Waals surface area contributed by atoms with Crippen LogP contribution in [0.15, 0.2) is 29.6 Å². The summed E-state index contributed by atoms with van der Waals surface area (Å²) >= 11 is 13.7. The van der Waals surface area contributed by atoms with Gasteiger partial charge >= 0.3 is 0 Å². The third-order valence-electron chi connectivity index (χ3n) is 2.34. The zero-order valence-corrected chi connectivity index (χ0v) is 12.3. The van der Waals surface area contributed by atoms with Crippen LogP contribution in [-0.4, -0.2) is 6.54 Å². The molecule has 1 aromatic heterocycles. The van der Waals surface area contributed by atoms with E-state index in [1.54, 1.807) is 29.5 Å². The summed E-state index contributed by atoms with van der Waals surface area (Å²) in [6.07, 6.45) is 0. The molecule has 2 rings (SSSR count). The molecule has 1 aromatic carbocycles. The van der Waals surface area contributed by atoms with Gasteiger partial charge in [-0.25, -0.2) is 0 Å². The number of thiophene rings is 1. The van der Waals surface area contributed by atoms with Gasteiger partial charge in [-0.15, -0.1) is 11.3 Å². The molecule has 0 saturated carbocycles. The van der Waals surface area contributed by atoms with Gasteiger partial charge in [-0.3, -0.25) is 0 Å². The SMILES string of the molecule is NCC#Cc1ccsc1COc1c(Cl)cccc1Cl. The molecule has 98 valence electrons. The van der Waals surface area contributed by atoms with E-state index in [0.717, 1.165) is 10.4 Å². The first-order valence-corrected chi connectivity index (χ1v) is 7.18. The van der Waals surface area contributed by atoms with Gasteiger partial charge in [-0.2, -0.15) is 0 Å². The van der Waals surface area contributed by atoms with Gasteiger partial charge in [0.05, 0.1) is 21.5 Å². The van der Waals surface area contributed by atoms with Crippen molar-refractivity contribution in [2.75, 3.05) is 6.54 Å². The highest BCUT2D eigenvalue weighted by Crippen LogP contribution is 2.33. The molecule has 2 nitrogen and oxygen atoms in total. The first-order chi connectivity index (χ1) is 9.22. The molecule has 0 fully saturated rings. The third-order valence-corrected chi connectivity index (χ3v) is 3.83. The van der Waals surface area contributed by atoms with Crippen LogP contribution in [0.5, 0.6) is 5.75 Å². The van der Waals surface area contributed by atoms with Gasteiger partial charge in [0, 0.05) is 5.56 Å². The highest BCUT2D eigenvalue weighted by molar-refractivity contribution is 7.10. The lowest BCUT2D eigenvalue weighted by molar-refractivity contribution is 0.310. The van der Waals surface area contributed by atoms with Crippen LogP contribution in [-0.2, 0) is 6.61 Å². The highest BCUT2D eigenvalue weighted by Gasteiger charge is 2.09. The summed E-state index contributed by atoms with van der Waals surface area (Å²) in [5.74, 6) is 6.33. The number of para-hydroxylation sites is 1. The fourth-order valence-corrected chi connectivity index (χ4v) is 2.72. The lowest BCUT2D eigenvalue weighted by Crippen LogP contribution is -1.97. The van der Waals surface area contributed by atoms with Gasteiger partial charge in [0.2, 0.25) is 0 Å². The number of hydrogen-bond acceptors (Lipinski definition) is 3. The quantitative estimate of drug-likeness (QED) is 0.871. The number of rotatable bonds is 3. The Bertz CT molecular complexity index is 608. The van der Waals surface area contributed by atoms with Gasteiger partial charge in [0.25, 0.3) is 0 Å². The topological polar surface area (TPSA) is 35.2 Å². The molecule has 0 aliphatic rings. The Balaban J connectivity index is 2.13. The Morgan fingerprint density at radius 1 is 1.21 bits per heavy atom. The van der Waals surface area contributed by atoms with E-state index in [0.29, 0.717) is 28.9 Å². The number of ether oxygens (including phenoxy) is 1. The van der Waals surface area contributed by atoms with E-state index < -0.39 is 0 Å². The average molecular weight is 312 g/mol. The molecule has 2 aromatic rings. The van der Waals surface area contributed by atoms with E-state index in [-0.39, 0.29) is 0 Å². The van der Waals surface area contributed by atoms with E-state index in [1.165, 1.54) is 0 Å². The van der Waals surface area contributed by atoms with Gasteiger partial charge in [-0.05, 0) is 23.6 Å². The van der Waals surface area contributed by atoms with Crippen molar-refractivity contribution in [1.82, 2.24) is 0 Å². The molecule has 0 atom stereocenters. The predicted molar refractivity (Wildman–Crippen MR) is 81.0 cm³/mol. The number of benzene rings is 1. The van der Waals surface area contributed by atoms with Crippen LogP contribution in [0.25, 0.3) is 0 Å². The maximum atomic E-state index is 6.04. The molecule has 2 N–H and O–H groups in total. The molecule has 0 saturated heterocycles. The van der Waals surface area contributed by atoms with Gasteiger partial charge in [0.1, 0.15) is 6.61 Å². The minimum atomic E-state index is 0.340. The summed E-state index contributed by atoms with van der Waals surface area (Å²) < 4.78 is 5.68. The molecular formula is C14H11Cl2NOS. The minimum absolute atomic E-state index is 0.340. The first-order valence-electron chi connectivity index (χ1n) is 5.54. The molecule has 0 aliphatic carbocycles. The first kappa shape index (κ1) is 14.2. The van der Waals surface area contributed by atoms with Crippen LogP contribution >= 0.6 is 34.5 Å². The van der Waals surface area contributed by atoms with Gasteiger partial charge < -0.3 is 10.5 Å². The van der Waals surface area contributed by atoms with Crippen molar-refractivity contribution in [3.63, 3.8) is 0 Å². The van der Waals surface area contributed by atoms with E-state index in [1.807, 2.05) is 11.4 Å². The van der Waals surface area contributed by atoms with Crippen LogP contribution in [0.3, 0.4) is 0 Å². The zero-order valence-electron chi connectivity index (χ0n) is 9.95. The fraction of sp³-hybridized carbons (Fsp3) is 0.143. The van der Waals surface area contributed by atoms with Gasteiger partial charge in [0.15, 0.2) is 5.75 Å². The third kappa shape index (κ3) is 3.65. The largest absolute Gasteiger partial charge is 0.485 e. The van der Waals surface area contributed by atoms with E-state index in [2.05, 4.69) is 11.8 Å². The molecule has 0 bridgehead atoms. The second kappa shape index (κ2) is 6.83. The molecule has 0 aliphatic heterocycles. The number of nitrogens with two attached hydrogens (primary N) is 1. The fourth-order valence-electron chi connectivity index (χ4n) is 1.47. The van der Waals surface area contributed by atoms with Crippen molar-refractivity contribution >= 4 is 34.5 Å². The van der Waals surface area contributed by atoms with E-state index in [4.69, 9.17) is 33.7 Å². The Morgan fingerprint density at radius 2 is 1.95 bits per heavy atom. The smallest absolute Gasteiger partial charge is 0.157 e. The Hall–Kier alpha value is -1.18. The Kier molecular flexibility index (Phi) is 5.12. The van der Waals surface area contributed by atoms with Crippen molar-refractivity contribution < 1.29 is 4.74 Å². The summed E-state index contributed by atoms with van der Waals surface area (Å²) in [4.78, 5) is 1.02. The number of halogens is 2.